The summed E-state index contributed by atoms with van der Waals surface area (Å²) in [5.74, 6) is 1.39. The maximum Gasteiger partial charge on any atom is 0.433 e. The molecule has 0 bridgehead atoms. The minimum atomic E-state index is -4.59. The molecule has 33 heavy (non-hydrogen) atoms. The van der Waals surface area contributed by atoms with E-state index in [-0.39, 0.29) is 29.5 Å². The molecule has 4 rings (SSSR count). The van der Waals surface area contributed by atoms with E-state index >= 15 is 0 Å². The number of rotatable bonds is 5. The molecule has 1 aliphatic rings. The lowest BCUT2D eigenvalue weighted by molar-refractivity contribution is -0.141. The average molecular weight is 476 g/mol. The Morgan fingerprint density at radius 3 is 2.67 bits per heavy atom. The number of alkyl halides is 3. The molecular formula is C23H24F3N5OS. The van der Waals surface area contributed by atoms with Crippen molar-refractivity contribution in [1.82, 2.24) is 15.3 Å². The quantitative estimate of drug-likeness (QED) is 0.464. The average Bonchev–Trinajstić information content (AvgIpc) is 3.27. The predicted molar refractivity (Wildman–Crippen MR) is 125 cm³/mol. The lowest BCUT2D eigenvalue weighted by Crippen LogP contribution is -2.38. The number of thiocarbonyl (C=S) groups is 1. The zero-order chi connectivity index (χ0) is 23.4. The fourth-order valence-electron chi connectivity index (χ4n) is 3.76. The smallest absolute Gasteiger partial charge is 0.433 e. The monoisotopic (exact) mass is 475 g/mol. The van der Waals surface area contributed by atoms with E-state index in [0.29, 0.717) is 18.1 Å². The molecule has 1 aromatic carbocycles. The van der Waals surface area contributed by atoms with Gasteiger partial charge >= 0.3 is 6.18 Å². The van der Waals surface area contributed by atoms with Crippen LogP contribution in [0.4, 0.5) is 24.9 Å². The first-order valence-corrected chi connectivity index (χ1v) is 11.1. The molecule has 1 fully saturated rings. The molecule has 3 heterocycles. The molecule has 0 saturated carbocycles. The van der Waals surface area contributed by atoms with Gasteiger partial charge in [0.1, 0.15) is 17.3 Å². The normalized spacial score (nSPS) is 16.5. The molecule has 1 aliphatic heterocycles. The van der Waals surface area contributed by atoms with Crippen LogP contribution in [0.1, 0.15) is 37.6 Å². The van der Waals surface area contributed by atoms with Crippen molar-refractivity contribution >= 4 is 29.1 Å². The lowest BCUT2D eigenvalue weighted by atomic mass is 10.0. The number of piperidine rings is 1. The minimum absolute atomic E-state index is 0.102. The number of anilines is 2. The maximum atomic E-state index is 13.5. The van der Waals surface area contributed by atoms with Crippen molar-refractivity contribution in [3.05, 3.63) is 60.0 Å². The molecule has 1 saturated heterocycles. The Balaban J connectivity index is 1.45. The highest BCUT2D eigenvalue weighted by atomic mass is 32.1. The van der Waals surface area contributed by atoms with Crippen LogP contribution in [-0.2, 0) is 12.7 Å². The number of nitrogens with one attached hydrogen (secondary N) is 2. The van der Waals surface area contributed by atoms with Crippen molar-refractivity contribution in [1.29, 1.82) is 0 Å². The zero-order valence-electron chi connectivity index (χ0n) is 18.0. The van der Waals surface area contributed by atoms with Crippen LogP contribution in [0.25, 0.3) is 11.3 Å². The van der Waals surface area contributed by atoms with Gasteiger partial charge in [-0.2, -0.15) is 18.2 Å². The Morgan fingerprint density at radius 1 is 1.15 bits per heavy atom. The van der Waals surface area contributed by atoms with Crippen LogP contribution in [0.3, 0.4) is 0 Å². The van der Waals surface area contributed by atoms with Crippen LogP contribution >= 0.6 is 12.2 Å². The number of halogens is 3. The molecule has 0 unspecified atom stereocenters. The van der Waals surface area contributed by atoms with E-state index < -0.39 is 11.9 Å². The van der Waals surface area contributed by atoms with Crippen LogP contribution in [0.5, 0.6) is 0 Å². The SMILES string of the molecule is C[C@H]1CCCCN1c1cc(C(F)(F)F)nc(NC(=S)NCc2ccc(-c3ccccc3)o2)n1. The Labute approximate surface area is 195 Å². The van der Waals surface area contributed by atoms with Gasteiger partial charge in [0.05, 0.1) is 6.54 Å². The fourth-order valence-corrected chi connectivity index (χ4v) is 3.93. The van der Waals surface area contributed by atoms with Crippen molar-refractivity contribution in [2.24, 2.45) is 0 Å². The van der Waals surface area contributed by atoms with Gasteiger partial charge in [-0.3, -0.25) is 0 Å². The summed E-state index contributed by atoms with van der Waals surface area (Å²) in [5.41, 5.74) is -0.0598. The highest BCUT2D eigenvalue weighted by molar-refractivity contribution is 7.80. The number of nitrogens with zero attached hydrogens (tertiary/aromatic N) is 3. The Bertz CT molecular complexity index is 1100. The lowest BCUT2D eigenvalue weighted by Gasteiger charge is -2.34. The van der Waals surface area contributed by atoms with Crippen LogP contribution in [0.2, 0.25) is 0 Å². The third-order valence-electron chi connectivity index (χ3n) is 5.47. The fraction of sp³-hybridized carbons (Fsp3) is 0.348. The Kier molecular flexibility index (Phi) is 6.83. The second-order valence-corrected chi connectivity index (χ2v) is 8.32. The van der Waals surface area contributed by atoms with E-state index in [1.54, 1.807) is 0 Å². The largest absolute Gasteiger partial charge is 0.459 e. The molecule has 0 aliphatic carbocycles. The van der Waals surface area contributed by atoms with Crippen LogP contribution in [0.15, 0.2) is 52.9 Å². The molecule has 6 nitrogen and oxygen atoms in total. The maximum absolute atomic E-state index is 13.5. The molecule has 2 N–H and O–H groups in total. The topological polar surface area (TPSA) is 66.2 Å². The summed E-state index contributed by atoms with van der Waals surface area (Å²) in [6.45, 7) is 2.90. The molecule has 0 radical (unpaired) electrons. The second-order valence-electron chi connectivity index (χ2n) is 7.91. The van der Waals surface area contributed by atoms with Gasteiger partial charge in [-0.1, -0.05) is 30.3 Å². The summed E-state index contributed by atoms with van der Waals surface area (Å²) in [6, 6.07) is 14.4. The van der Waals surface area contributed by atoms with Gasteiger partial charge in [0.2, 0.25) is 5.95 Å². The molecule has 3 aromatic rings. The van der Waals surface area contributed by atoms with E-state index in [0.717, 1.165) is 30.9 Å². The standard InChI is InChI=1S/C23H24F3N5OS/c1-15-7-5-6-12-31(15)20-13-19(23(24,25)26)28-21(29-20)30-22(33)27-14-17-10-11-18(32-17)16-8-3-2-4-9-16/h2-4,8-11,13,15H,5-7,12,14H2,1H3,(H2,27,28,29,30,33)/t15-/m0/s1. The van der Waals surface area contributed by atoms with E-state index in [9.17, 15) is 13.2 Å². The third kappa shape index (κ3) is 5.81. The molecular weight excluding hydrogens is 451 g/mol. The van der Waals surface area contributed by atoms with E-state index in [1.165, 1.54) is 0 Å². The van der Waals surface area contributed by atoms with Crippen LogP contribution in [-0.4, -0.2) is 27.7 Å². The van der Waals surface area contributed by atoms with Crippen molar-refractivity contribution in [2.75, 3.05) is 16.8 Å². The van der Waals surface area contributed by atoms with Gasteiger partial charge in [-0.15, -0.1) is 0 Å². The summed E-state index contributed by atoms with van der Waals surface area (Å²) < 4.78 is 46.2. The van der Waals surface area contributed by atoms with Gasteiger partial charge < -0.3 is 20.0 Å². The molecule has 2 aromatic heterocycles. The highest BCUT2D eigenvalue weighted by Crippen LogP contribution is 2.32. The second kappa shape index (κ2) is 9.78. The molecule has 174 valence electrons. The Morgan fingerprint density at radius 2 is 1.94 bits per heavy atom. The molecule has 0 amide bonds. The first-order chi connectivity index (χ1) is 15.8. The van der Waals surface area contributed by atoms with Gasteiger partial charge in [-0.05, 0) is 50.5 Å². The van der Waals surface area contributed by atoms with Gasteiger partial charge in [0.15, 0.2) is 10.8 Å². The summed E-state index contributed by atoms with van der Waals surface area (Å²) in [5, 5.41) is 5.72. The van der Waals surface area contributed by atoms with E-state index in [2.05, 4.69) is 20.6 Å². The van der Waals surface area contributed by atoms with E-state index in [1.807, 2.05) is 54.3 Å². The van der Waals surface area contributed by atoms with Gasteiger partial charge in [0, 0.05) is 24.2 Å². The van der Waals surface area contributed by atoms with Crippen LogP contribution in [0, 0.1) is 0 Å². The summed E-state index contributed by atoms with van der Waals surface area (Å²) in [4.78, 5) is 9.84. The third-order valence-corrected chi connectivity index (χ3v) is 5.72. The number of furan rings is 1. The van der Waals surface area contributed by atoms with Gasteiger partial charge in [0.25, 0.3) is 0 Å². The van der Waals surface area contributed by atoms with E-state index in [4.69, 9.17) is 16.6 Å². The molecule has 0 spiro atoms. The number of aromatic nitrogens is 2. The zero-order valence-corrected chi connectivity index (χ0v) is 18.8. The van der Waals surface area contributed by atoms with Crippen molar-refractivity contribution < 1.29 is 17.6 Å². The van der Waals surface area contributed by atoms with Crippen LogP contribution < -0.4 is 15.5 Å². The molecule has 10 heteroatoms. The molecule has 1 atom stereocenters. The van der Waals surface area contributed by atoms with Gasteiger partial charge in [-0.25, -0.2) is 4.98 Å². The minimum Gasteiger partial charge on any atom is -0.459 e. The first kappa shape index (κ1) is 23.0. The number of hydrogen-bond acceptors (Lipinski definition) is 5. The predicted octanol–water partition coefficient (Wildman–Crippen LogP) is 5.62. The van der Waals surface area contributed by atoms with Crippen molar-refractivity contribution in [3.8, 4) is 11.3 Å². The summed E-state index contributed by atoms with van der Waals surface area (Å²) in [7, 11) is 0. The van der Waals surface area contributed by atoms with Crippen molar-refractivity contribution in [3.63, 3.8) is 0 Å². The van der Waals surface area contributed by atoms with Crippen molar-refractivity contribution in [2.45, 2.75) is 44.9 Å². The number of benzene rings is 1. The summed E-state index contributed by atoms with van der Waals surface area (Å²) >= 11 is 5.26. The highest BCUT2D eigenvalue weighted by Gasteiger charge is 2.35. The Hall–Kier alpha value is -3.14. The first-order valence-electron chi connectivity index (χ1n) is 10.7. The number of hydrogen-bond donors (Lipinski definition) is 2. The summed E-state index contributed by atoms with van der Waals surface area (Å²) in [6.07, 6.45) is -1.73.